The standard InChI is InChI=1S/C14H23B.C7H17N.C6H14O.C2H6/c1-3-5-12-15(11-4-2)13-14-9-7-6-8-10-14;1-2-3-4-5-6-7-8;1-3-5-7-6-4-2;1-2/h6-10H,3-5,11-13H2,1-2H3;2-8H2,1H3;3-6H2,1-2H3;1-2H3. The van der Waals surface area contributed by atoms with Crippen LogP contribution in [0.1, 0.15) is 118 Å². The van der Waals surface area contributed by atoms with Crippen molar-refractivity contribution in [2.75, 3.05) is 19.8 Å². The Kier molecular flexibility index (Phi) is 38.9. The molecular formula is C29H60BNO. The molecule has 0 aliphatic heterocycles. The van der Waals surface area contributed by atoms with Crippen LogP contribution >= 0.6 is 0 Å². The third kappa shape index (κ3) is 31.4. The second kappa shape index (κ2) is 34.8. The van der Waals surface area contributed by atoms with E-state index in [2.05, 4.69) is 65.0 Å². The smallest absolute Gasteiger partial charge is 0.144 e. The van der Waals surface area contributed by atoms with Crippen molar-refractivity contribution in [2.45, 2.75) is 132 Å². The first-order valence-corrected chi connectivity index (χ1v) is 14.0. The van der Waals surface area contributed by atoms with E-state index in [9.17, 15) is 0 Å². The van der Waals surface area contributed by atoms with Gasteiger partial charge in [-0.2, -0.15) is 0 Å². The zero-order valence-corrected chi connectivity index (χ0v) is 23.3. The lowest BCUT2D eigenvalue weighted by Gasteiger charge is -2.12. The summed E-state index contributed by atoms with van der Waals surface area (Å²) in [7, 11) is 0. The molecule has 0 aliphatic rings. The molecule has 0 saturated carbocycles. The summed E-state index contributed by atoms with van der Waals surface area (Å²) >= 11 is 0. The monoisotopic (exact) mass is 449 g/mol. The van der Waals surface area contributed by atoms with E-state index in [1.165, 1.54) is 75.9 Å². The van der Waals surface area contributed by atoms with Crippen molar-refractivity contribution < 1.29 is 4.74 Å². The molecule has 1 aromatic carbocycles. The van der Waals surface area contributed by atoms with E-state index in [0.717, 1.165) is 39.3 Å². The number of hydrogen-bond donors (Lipinski definition) is 1. The minimum Gasteiger partial charge on any atom is -0.381 e. The van der Waals surface area contributed by atoms with Crippen LogP contribution in [0.4, 0.5) is 0 Å². The molecule has 1 aromatic rings. The summed E-state index contributed by atoms with van der Waals surface area (Å²) in [5.74, 6) is 0. The minimum absolute atomic E-state index is 0.865. The quantitative estimate of drug-likeness (QED) is 0.202. The summed E-state index contributed by atoms with van der Waals surface area (Å²) in [5.41, 5.74) is 6.82. The van der Waals surface area contributed by atoms with Crippen molar-refractivity contribution >= 4 is 6.71 Å². The van der Waals surface area contributed by atoms with Gasteiger partial charge in [0.15, 0.2) is 0 Å². The maximum Gasteiger partial charge on any atom is 0.144 e. The fraction of sp³-hybridized carbons (Fsp3) is 0.793. The lowest BCUT2D eigenvalue weighted by atomic mass is 9.41. The van der Waals surface area contributed by atoms with Gasteiger partial charge in [0, 0.05) is 13.2 Å². The van der Waals surface area contributed by atoms with Crippen LogP contribution in [-0.2, 0) is 11.1 Å². The number of rotatable bonds is 16. The molecule has 0 aromatic heterocycles. The molecule has 0 fully saturated rings. The summed E-state index contributed by atoms with van der Waals surface area (Å²) in [5, 5.41) is 0. The molecule has 1 rings (SSSR count). The van der Waals surface area contributed by atoms with E-state index in [-0.39, 0.29) is 0 Å². The second-order valence-electron chi connectivity index (χ2n) is 8.30. The Hall–Kier alpha value is -0.795. The van der Waals surface area contributed by atoms with Gasteiger partial charge in [-0.05, 0) is 32.1 Å². The molecule has 0 amide bonds. The highest BCUT2D eigenvalue weighted by Crippen LogP contribution is 2.13. The number of hydrogen-bond acceptors (Lipinski definition) is 2. The minimum atomic E-state index is 0.865. The number of benzene rings is 1. The fourth-order valence-corrected chi connectivity index (χ4v) is 3.34. The molecule has 190 valence electrons. The van der Waals surface area contributed by atoms with E-state index < -0.39 is 0 Å². The SMILES string of the molecule is CC.CCCCB(CCC)Cc1ccccc1.CCCCCCCN.CCCOCCC. The third-order valence-corrected chi connectivity index (χ3v) is 5.03. The van der Waals surface area contributed by atoms with Gasteiger partial charge in [0.25, 0.3) is 0 Å². The molecule has 0 unspecified atom stereocenters. The Balaban J connectivity index is -0.000000420. The Morgan fingerprint density at radius 2 is 1.22 bits per heavy atom. The van der Waals surface area contributed by atoms with Crippen molar-refractivity contribution in [1.29, 1.82) is 0 Å². The highest BCUT2D eigenvalue weighted by molar-refractivity contribution is 6.58. The Labute approximate surface area is 204 Å². The van der Waals surface area contributed by atoms with Gasteiger partial charge >= 0.3 is 0 Å². The maximum atomic E-state index is 5.31. The molecule has 32 heavy (non-hydrogen) atoms. The van der Waals surface area contributed by atoms with Crippen molar-refractivity contribution in [3.8, 4) is 0 Å². The largest absolute Gasteiger partial charge is 0.381 e. The van der Waals surface area contributed by atoms with Crippen molar-refractivity contribution in [3.05, 3.63) is 35.9 Å². The van der Waals surface area contributed by atoms with Crippen molar-refractivity contribution in [3.63, 3.8) is 0 Å². The van der Waals surface area contributed by atoms with E-state index in [1.807, 2.05) is 13.8 Å². The Morgan fingerprint density at radius 1 is 0.656 bits per heavy atom. The van der Waals surface area contributed by atoms with Gasteiger partial charge in [-0.15, -0.1) is 0 Å². The molecule has 2 nitrogen and oxygen atoms in total. The maximum absolute atomic E-state index is 5.31. The fourth-order valence-electron chi connectivity index (χ4n) is 3.34. The average Bonchev–Trinajstić information content (AvgIpc) is 2.84. The molecular weight excluding hydrogens is 389 g/mol. The highest BCUT2D eigenvalue weighted by Gasteiger charge is 2.12. The molecule has 0 aliphatic carbocycles. The van der Waals surface area contributed by atoms with Crippen LogP contribution in [-0.4, -0.2) is 26.5 Å². The predicted octanol–water partition coefficient (Wildman–Crippen LogP) is 9.24. The summed E-state index contributed by atoms with van der Waals surface area (Å²) < 4.78 is 5.13. The first-order valence-electron chi connectivity index (χ1n) is 14.0. The molecule has 0 bridgehead atoms. The number of ether oxygens (including phenoxy) is 1. The second-order valence-corrected chi connectivity index (χ2v) is 8.30. The topological polar surface area (TPSA) is 35.2 Å². The van der Waals surface area contributed by atoms with E-state index in [1.54, 1.807) is 0 Å². The van der Waals surface area contributed by atoms with Crippen LogP contribution in [0.5, 0.6) is 0 Å². The van der Waals surface area contributed by atoms with Gasteiger partial charge in [0.1, 0.15) is 6.71 Å². The van der Waals surface area contributed by atoms with Gasteiger partial charge in [0.2, 0.25) is 0 Å². The van der Waals surface area contributed by atoms with E-state index in [4.69, 9.17) is 10.5 Å². The molecule has 0 saturated heterocycles. The summed E-state index contributed by atoms with van der Waals surface area (Å²) in [4.78, 5) is 0. The zero-order valence-electron chi connectivity index (χ0n) is 23.3. The first kappa shape index (κ1) is 35.8. The number of nitrogens with two attached hydrogens (primary N) is 1. The lowest BCUT2D eigenvalue weighted by Crippen LogP contribution is -2.15. The molecule has 0 spiro atoms. The normalized spacial score (nSPS) is 9.50. The Bertz CT molecular complexity index is 389. The molecule has 0 heterocycles. The predicted molar refractivity (Wildman–Crippen MR) is 151 cm³/mol. The number of unbranched alkanes of at least 4 members (excludes halogenated alkanes) is 5. The summed E-state index contributed by atoms with van der Waals surface area (Å²) in [6, 6.07) is 10.9. The van der Waals surface area contributed by atoms with E-state index >= 15 is 0 Å². The van der Waals surface area contributed by atoms with Crippen LogP contribution in [0, 0.1) is 0 Å². The Morgan fingerprint density at radius 3 is 1.69 bits per heavy atom. The van der Waals surface area contributed by atoms with Crippen LogP contribution in [0.2, 0.25) is 12.6 Å². The molecule has 2 N–H and O–H groups in total. The zero-order chi connectivity index (χ0) is 24.7. The van der Waals surface area contributed by atoms with E-state index in [0.29, 0.717) is 0 Å². The van der Waals surface area contributed by atoms with Gasteiger partial charge in [-0.25, -0.2) is 0 Å². The summed E-state index contributed by atoms with van der Waals surface area (Å²) in [6.07, 6.45) is 17.0. The van der Waals surface area contributed by atoms with Crippen molar-refractivity contribution in [1.82, 2.24) is 0 Å². The van der Waals surface area contributed by atoms with Crippen LogP contribution in [0.3, 0.4) is 0 Å². The van der Waals surface area contributed by atoms with Crippen LogP contribution in [0.15, 0.2) is 30.3 Å². The average molecular weight is 450 g/mol. The van der Waals surface area contributed by atoms with Crippen LogP contribution in [0.25, 0.3) is 0 Å². The van der Waals surface area contributed by atoms with Gasteiger partial charge in [-0.1, -0.05) is 142 Å². The van der Waals surface area contributed by atoms with Crippen LogP contribution < -0.4 is 5.73 Å². The van der Waals surface area contributed by atoms with Gasteiger partial charge < -0.3 is 10.5 Å². The van der Waals surface area contributed by atoms with Gasteiger partial charge in [0.05, 0.1) is 0 Å². The third-order valence-electron chi connectivity index (χ3n) is 5.03. The lowest BCUT2D eigenvalue weighted by molar-refractivity contribution is 0.135. The highest BCUT2D eigenvalue weighted by atomic mass is 16.5. The van der Waals surface area contributed by atoms with Gasteiger partial charge in [-0.3, -0.25) is 0 Å². The molecule has 0 atom stereocenters. The molecule has 0 radical (unpaired) electrons. The molecule has 3 heteroatoms. The summed E-state index contributed by atoms with van der Waals surface area (Å²) in [6.45, 7) is 18.7. The van der Waals surface area contributed by atoms with Crippen molar-refractivity contribution in [2.24, 2.45) is 5.73 Å². The first-order chi connectivity index (χ1) is 15.7.